The number of terminal acetylenes is 1. The van der Waals surface area contributed by atoms with Crippen LogP contribution in [0.15, 0.2) is 23.1 Å². The van der Waals surface area contributed by atoms with Gasteiger partial charge in [-0.2, -0.15) is 15.5 Å². The second-order valence-corrected chi connectivity index (χ2v) is 9.19. The summed E-state index contributed by atoms with van der Waals surface area (Å²) in [6.45, 7) is 1.86. The topological polar surface area (TPSA) is 117 Å². The van der Waals surface area contributed by atoms with E-state index in [1.54, 1.807) is 10.9 Å². The Morgan fingerprint density at radius 3 is 2.60 bits per heavy atom. The van der Waals surface area contributed by atoms with Gasteiger partial charge in [-0.15, -0.1) is 6.42 Å². The molecule has 1 aliphatic heterocycles. The predicted octanol–water partition coefficient (Wildman–Crippen LogP) is 3.68. The molecule has 5 aromatic rings. The third kappa shape index (κ3) is 2.81. The van der Waals surface area contributed by atoms with Crippen LogP contribution in [-0.2, 0) is 13.6 Å². The lowest BCUT2D eigenvalue weighted by Crippen LogP contribution is -2.19. The summed E-state index contributed by atoms with van der Waals surface area (Å²) in [7, 11) is 1.84. The molecule has 0 unspecified atom stereocenters. The molecule has 2 aromatic heterocycles. The number of aryl methyl sites for hydroxylation is 1. The quantitative estimate of drug-likeness (QED) is 0.226. The largest absolute Gasteiger partial charge is 0.370 e. The minimum absolute atomic E-state index is 0.130. The van der Waals surface area contributed by atoms with Crippen molar-refractivity contribution >= 4 is 60.5 Å². The highest BCUT2D eigenvalue weighted by Crippen LogP contribution is 2.46. The number of rotatable bonds is 2. The van der Waals surface area contributed by atoms with Crippen LogP contribution in [0.4, 0.5) is 5.69 Å². The lowest BCUT2D eigenvalue weighted by atomic mass is 9.89. The Bertz CT molecular complexity index is 1860. The molecule has 8 nitrogen and oxygen atoms in total. The minimum Gasteiger partial charge on any atom is -0.370 e. The number of anilines is 1. The van der Waals surface area contributed by atoms with Crippen LogP contribution in [0.1, 0.15) is 29.7 Å². The fraction of sp³-hybridized carbons (Fsp3) is 0.231. The van der Waals surface area contributed by atoms with Crippen molar-refractivity contribution in [3.8, 4) is 18.4 Å². The van der Waals surface area contributed by atoms with Crippen molar-refractivity contribution in [2.24, 2.45) is 12.8 Å². The zero-order chi connectivity index (χ0) is 24.4. The van der Waals surface area contributed by atoms with Crippen molar-refractivity contribution in [2.45, 2.75) is 19.4 Å². The molecule has 1 saturated heterocycles. The van der Waals surface area contributed by atoms with Crippen molar-refractivity contribution < 1.29 is 0 Å². The molecule has 35 heavy (non-hydrogen) atoms. The van der Waals surface area contributed by atoms with Gasteiger partial charge in [-0.25, -0.2) is 5.10 Å². The molecule has 0 radical (unpaired) electrons. The predicted molar refractivity (Wildman–Crippen MR) is 139 cm³/mol. The third-order valence-electron chi connectivity index (χ3n) is 7.03. The second-order valence-electron chi connectivity index (χ2n) is 8.78. The smallest absolute Gasteiger partial charge is 0.273 e. The number of fused-ring (bicyclic) bond motifs is 7. The number of nitrogens with zero attached hydrogens (tertiary/aromatic N) is 5. The number of hydrogen-bond acceptors (Lipinski definition) is 6. The Balaban J connectivity index is 1.97. The Morgan fingerprint density at radius 2 is 1.91 bits per heavy atom. The number of nitrogens with two attached hydrogens (primary N) is 1. The number of aromatic nitrogens is 4. The molecular weight excluding hydrogens is 462 g/mol. The highest BCUT2D eigenvalue weighted by Gasteiger charge is 2.26. The molecule has 0 aliphatic carbocycles. The molecular formula is C26H20ClN7O. The van der Waals surface area contributed by atoms with Gasteiger partial charge in [0, 0.05) is 59.2 Å². The minimum atomic E-state index is -0.406. The fourth-order valence-electron chi connectivity index (χ4n) is 5.52. The Labute approximate surface area is 204 Å². The zero-order valence-electron chi connectivity index (χ0n) is 18.9. The van der Waals surface area contributed by atoms with Gasteiger partial charge >= 0.3 is 0 Å². The van der Waals surface area contributed by atoms with Crippen LogP contribution in [-0.4, -0.2) is 33.1 Å². The third-order valence-corrected chi connectivity index (χ3v) is 7.33. The Kier molecular flexibility index (Phi) is 4.72. The van der Waals surface area contributed by atoms with E-state index in [-0.39, 0.29) is 6.54 Å². The van der Waals surface area contributed by atoms with E-state index in [4.69, 9.17) is 23.8 Å². The molecule has 3 heterocycles. The van der Waals surface area contributed by atoms with Crippen molar-refractivity contribution in [1.82, 2.24) is 20.0 Å². The van der Waals surface area contributed by atoms with Gasteiger partial charge in [-0.3, -0.25) is 9.48 Å². The monoisotopic (exact) mass is 481 g/mol. The molecule has 9 heteroatoms. The number of aromatic amines is 1. The molecule has 1 aliphatic rings. The van der Waals surface area contributed by atoms with Gasteiger partial charge in [0.1, 0.15) is 6.07 Å². The van der Waals surface area contributed by atoms with Crippen LogP contribution >= 0.6 is 11.6 Å². The molecule has 0 bridgehead atoms. The lowest BCUT2D eigenvalue weighted by Gasteiger charge is -2.22. The van der Waals surface area contributed by atoms with Crippen molar-refractivity contribution in [1.29, 1.82) is 5.26 Å². The summed E-state index contributed by atoms with van der Waals surface area (Å²) in [4.78, 5) is 15.1. The summed E-state index contributed by atoms with van der Waals surface area (Å²) in [5.74, 6) is 2.74. The maximum atomic E-state index is 12.9. The second kappa shape index (κ2) is 7.71. The van der Waals surface area contributed by atoms with Gasteiger partial charge in [0.15, 0.2) is 0 Å². The summed E-state index contributed by atoms with van der Waals surface area (Å²) >= 11 is 6.99. The van der Waals surface area contributed by atoms with Crippen LogP contribution in [0.5, 0.6) is 0 Å². The van der Waals surface area contributed by atoms with Crippen molar-refractivity contribution in [3.63, 3.8) is 0 Å². The maximum Gasteiger partial charge on any atom is 0.273 e. The Morgan fingerprint density at radius 1 is 1.14 bits per heavy atom. The van der Waals surface area contributed by atoms with Gasteiger partial charge < -0.3 is 10.6 Å². The summed E-state index contributed by atoms with van der Waals surface area (Å²) in [6, 6.07) is 6.17. The average molecular weight is 482 g/mol. The van der Waals surface area contributed by atoms with Crippen molar-refractivity contribution in [2.75, 3.05) is 18.0 Å². The first kappa shape index (κ1) is 21.4. The molecule has 0 spiro atoms. The standard InChI is InChI=1S/C26H20ClN7O/c1-3-13-21-14(8-15-19(11-29)31-32-26(35)22(13)15)17-12-30-33(2)25(17)23-16(10-28)20(9-18(27)24(21)23)34-6-4-5-7-34/h1,8-9,12H,4-7,11,29H2,2H3,(H,32,35). The van der Waals surface area contributed by atoms with E-state index in [9.17, 15) is 10.1 Å². The first-order chi connectivity index (χ1) is 17.0. The Hall–Kier alpha value is -4.11. The van der Waals surface area contributed by atoms with Gasteiger partial charge in [0.25, 0.3) is 5.56 Å². The zero-order valence-corrected chi connectivity index (χ0v) is 19.7. The fourth-order valence-corrected chi connectivity index (χ4v) is 5.81. The number of benzene rings is 3. The van der Waals surface area contributed by atoms with Crippen LogP contribution < -0.4 is 16.2 Å². The molecule has 3 aromatic carbocycles. The van der Waals surface area contributed by atoms with E-state index in [0.717, 1.165) is 47.9 Å². The molecule has 0 saturated carbocycles. The maximum absolute atomic E-state index is 12.9. The molecule has 6 rings (SSSR count). The van der Waals surface area contributed by atoms with Crippen LogP contribution in [0, 0.1) is 23.7 Å². The molecule has 0 atom stereocenters. The molecule has 172 valence electrons. The number of nitrogens with one attached hydrogen (secondary N) is 1. The summed E-state index contributed by atoms with van der Waals surface area (Å²) in [5.41, 5.74) is 8.56. The molecule has 1 fully saturated rings. The van der Waals surface area contributed by atoms with Gasteiger partial charge in [0.05, 0.1) is 39.1 Å². The first-order valence-corrected chi connectivity index (χ1v) is 11.7. The summed E-state index contributed by atoms with van der Waals surface area (Å²) < 4.78 is 1.75. The first-order valence-electron chi connectivity index (χ1n) is 11.3. The highest BCUT2D eigenvalue weighted by atomic mass is 35.5. The van der Waals surface area contributed by atoms with E-state index in [1.807, 2.05) is 19.2 Å². The number of H-pyrrole nitrogens is 1. The SMILES string of the molecule is C#Cc1c2c(=O)[nH]nc(CN)c2cc2c3cnn(C)c3c3c(C#N)c(N4CCCC4)cc(Cl)c3c12. The molecule has 0 amide bonds. The van der Waals surface area contributed by atoms with Crippen LogP contribution in [0.3, 0.4) is 0 Å². The van der Waals surface area contributed by atoms with Gasteiger partial charge in [-0.05, 0) is 30.4 Å². The van der Waals surface area contributed by atoms with E-state index in [2.05, 4.69) is 32.2 Å². The number of halogens is 1. The number of nitriles is 1. The van der Waals surface area contributed by atoms with E-state index in [1.165, 1.54) is 0 Å². The van der Waals surface area contributed by atoms with E-state index in [0.29, 0.717) is 48.8 Å². The van der Waals surface area contributed by atoms with Gasteiger partial charge in [0.2, 0.25) is 0 Å². The normalized spacial score (nSPS) is 13.8. The van der Waals surface area contributed by atoms with E-state index < -0.39 is 5.56 Å². The summed E-state index contributed by atoms with van der Waals surface area (Å²) in [5, 5.41) is 26.5. The highest BCUT2D eigenvalue weighted by molar-refractivity contribution is 6.42. The average Bonchev–Trinajstić information content (AvgIpc) is 3.53. The lowest BCUT2D eigenvalue weighted by molar-refractivity contribution is 0.799. The molecule has 3 N–H and O–H groups in total. The summed E-state index contributed by atoms with van der Waals surface area (Å²) in [6.07, 6.45) is 9.92. The van der Waals surface area contributed by atoms with Crippen molar-refractivity contribution in [3.05, 3.63) is 50.5 Å². The van der Waals surface area contributed by atoms with E-state index >= 15 is 0 Å². The number of hydrogen-bond donors (Lipinski definition) is 2. The van der Waals surface area contributed by atoms with Crippen LogP contribution in [0.25, 0.3) is 43.2 Å². The van der Waals surface area contributed by atoms with Crippen LogP contribution in [0.2, 0.25) is 5.02 Å². The van der Waals surface area contributed by atoms with Gasteiger partial charge in [-0.1, -0.05) is 17.5 Å².